The first-order valence-electron chi connectivity index (χ1n) is 6.40. The summed E-state index contributed by atoms with van der Waals surface area (Å²) in [6, 6.07) is 8.63. The standard InChI is InChI=1S/C15H16ClN3O2/c1-11(20)12-4-2-5-14(8-12)19-10-13(9-17)15(21)18-7-3-6-16/h2,4-5,8,10,19H,3,6-7H2,1H3,(H,18,21)/b13-10-. The first-order chi connectivity index (χ1) is 10.1. The summed E-state index contributed by atoms with van der Waals surface area (Å²) in [4.78, 5) is 23.0. The number of benzene rings is 1. The van der Waals surface area contributed by atoms with Crippen molar-refractivity contribution in [2.75, 3.05) is 17.7 Å². The van der Waals surface area contributed by atoms with E-state index in [1.54, 1.807) is 24.3 Å². The smallest absolute Gasteiger partial charge is 0.263 e. The topological polar surface area (TPSA) is 82.0 Å². The predicted octanol–water partition coefficient (Wildman–Crippen LogP) is 2.45. The number of amides is 1. The van der Waals surface area contributed by atoms with Crippen LogP contribution >= 0.6 is 11.6 Å². The van der Waals surface area contributed by atoms with Gasteiger partial charge in [-0.15, -0.1) is 11.6 Å². The number of alkyl halides is 1. The van der Waals surface area contributed by atoms with E-state index in [9.17, 15) is 9.59 Å². The average molecular weight is 306 g/mol. The van der Waals surface area contributed by atoms with Gasteiger partial charge in [0.25, 0.3) is 5.91 Å². The van der Waals surface area contributed by atoms with E-state index >= 15 is 0 Å². The predicted molar refractivity (Wildman–Crippen MR) is 82.1 cm³/mol. The fourth-order valence-corrected chi connectivity index (χ4v) is 1.63. The van der Waals surface area contributed by atoms with E-state index in [1.165, 1.54) is 13.1 Å². The summed E-state index contributed by atoms with van der Waals surface area (Å²) >= 11 is 5.51. The summed E-state index contributed by atoms with van der Waals surface area (Å²) in [7, 11) is 0. The van der Waals surface area contributed by atoms with Crippen LogP contribution in [0.25, 0.3) is 0 Å². The minimum atomic E-state index is -0.460. The molecule has 110 valence electrons. The molecule has 5 nitrogen and oxygen atoms in total. The third kappa shape index (κ3) is 5.67. The summed E-state index contributed by atoms with van der Waals surface area (Å²) in [5, 5.41) is 14.4. The van der Waals surface area contributed by atoms with Crippen molar-refractivity contribution >= 4 is 29.0 Å². The molecule has 0 spiro atoms. The number of nitrogens with zero attached hydrogens (tertiary/aromatic N) is 1. The Kier molecular flexibility index (Phi) is 6.99. The van der Waals surface area contributed by atoms with Crippen molar-refractivity contribution in [2.24, 2.45) is 0 Å². The van der Waals surface area contributed by atoms with E-state index in [1.807, 2.05) is 6.07 Å². The summed E-state index contributed by atoms with van der Waals surface area (Å²) < 4.78 is 0. The van der Waals surface area contributed by atoms with E-state index in [-0.39, 0.29) is 11.4 Å². The van der Waals surface area contributed by atoms with Crippen LogP contribution in [0.5, 0.6) is 0 Å². The fraction of sp³-hybridized carbons (Fsp3) is 0.267. The Morgan fingerprint density at radius 3 is 2.81 bits per heavy atom. The fourth-order valence-electron chi connectivity index (χ4n) is 1.50. The minimum absolute atomic E-state index is 0.0437. The molecular formula is C15H16ClN3O2. The van der Waals surface area contributed by atoms with Crippen molar-refractivity contribution in [1.82, 2.24) is 5.32 Å². The quantitative estimate of drug-likeness (QED) is 0.266. The molecule has 0 heterocycles. The number of anilines is 1. The number of ketones is 1. The molecule has 0 saturated heterocycles. The molecule has 0 fully saturated rings. The van der Waals surface area contributed by atoms with Crippen molar-refractivity contribution < 1.29 is 9.59 Å². The molecule has 0 aliphatic carbocycles. The summed E-state index contributed by atoms with van der Waals surface area (Å²) in [6.45, 7) is 1.89. The van der Waals surface area contributed by atoms with E-state index in [0.29, 0.717) is 30.1 Å². The highest BCUT2D eigenvalue weighted by Crippen LogP contribution is 2.11. The number of nitrogens with one attached hydrogen (secondary N) is 2. The number of nitriles is 1. The number of hydrogen-bond acceptors (Lipinski definition) is 4. The summed E-state index contributed by atoms with van der Waals surface area (Å²) in [6.07, 6.45) is 1.95. The lowest BCUT2D eigenvalue weighted by Crippen LogP contribution is -2.26. The average Bonchev–Trinajstić information content (AvgIpc) is 2.48. The van der Waals surface area contributed by atoms with Gasteiger partial charge in [-0.25, -0.2) is 0 Å². The molecule has 0 unspecified atom stereocenters. The highest BCUT2D eigenvalue weighted by atomic mass is 35.5. The van der Waals surface area contributed by atoms with Crippen LogP contribution in [0.4, 0.5) is 5.69 Å². The SMILES string of the molecule is CC(=O)c1cccc(N/C=C(/C#N)C(=O)NCCCCl)c1. The molecule has 1 aromatic rings. The Balaban J connectivity index is 2.72. The molecule has 6 heteroatoms. The maximum absolute atomic E-state index is 11.7. The van der Waals surface area contributed by atoms with Gasteiger partial charge in [0.05, 0.1) is 0 Å². The van der Waals surface area contributed by atoms with Crippen molar-refractivity contribution in [1.29, 1.82) is 5.26 Å². The minimum Gasteiger partial charge on any atom is -0.360 e. The second-order valence-electron chi connectivity index (χ2n) is 4.25. The number of carbonyl (C=O) groups excluding carboxylic acids is 2. The Hall–Kier alpha value is -2.32. The molecule has 0 aliphatic rings. The van der Waals surface area contributed by atoms with E-state index in [4.69, 9.17) is 16.9 Å². The molecule has 0 aromatic heterocycles. The van der Waals surface area contributed by atoms with Gasteiger partial charge in [0.15, 0.2) is 5.78 Å². The van der Waals surface area contributed by atoms with Gasteiger partial charge in [0, 0.05) is 29.9 Å². The maximum atomic E-state index is 11.7. The van der Waals surface area contributed by atoms with Gasteiger partial charge in [-0.3, -0.25) is 9.59 Å². The van der Waals surface area contributed by atoms with E-state index < -0.39 is 5.91 Å². The molecule has 0 atom stereocenters. The molecule has 1 aromatic carbocycles. The van der Waals surface area contributed by atoms with Crippen molar-refractivity contribution in [3.05, 3.63) is 41.6 Å². The van der Waals surface area contributed by atoms with Gasteiger partial charge in [-0.05, 0) is 25.5 Å². The first-order valence-corrected chi connectivity index (χ1v) is 6.94. The van der Waals surface area contributed by atoms with Crippen LogP contribution in [-0.2, 0) is 4.79 Å². The lowest BCUT2D eigenvalue weighted by molar-refractivity contribution is -0.117. The molecular weight excluding hydrogens is 290 g/mol. The highest BCUT2D eigenvalue weighted by Gasteiger charge is 2.07. The highest BCUT2D eigenvalue weighted by molar-refractivity contribution is 6.17. The Morgan fingerprint density at radius 1 is 1.43 bits per heavy atom. The van der Waals surface area contributed by atoms with Gasteiger partial charge in [-0.1, -0.05) is 12.1 Å². The van der Waals surface area contributed by atoms with Crippen LogP contribution in [0.1, 0.15) is 23.7 Å². The molecule has 1 rings (SSSR count). The van der Waals surface area contributed by atoms with Gasteiger partial charge in [0.2, 0.25) is 0 Å². The number of halogens is 1. The molecule has 0 saturated carbocycles. The molecule has 0 aliphatic heterocycles. The van der Waals surface area contributed by atoms with Crippen molar-refractivity contribution in [2.45, 2.75) is 13.3 Å². The van der Waals surface area contributed by atoms with Crippen LogP contribution in [0.3, 0.4) is 0 Å². The lowest BCUT2D eigenvalue weighted by atomic mass is 10.1. The molecule has 0 radical (unpaired) electrons. The second-order valence-corrected chi connectivity index (χ2v) is 4.63. The van der Waals surface area contributed by atoms with Crippen molar-refractivity contribution in [3.63, 3.8) is 0 Å². The molecule has 2 N–H and O–H groups in total. The maximum Gasteiger partial charge on any atom is 0.263 e. The zero-order valence-electron chi connectivity index (χ0n) is 11.6. The van der Waals surface area contributed by atoms with E-state index in [0.717, 1.165) is 0 Å². The van der Waals surface area contributed by atoms with Crippen LogP contribution in [-0.4, -0.2) is 24.1 Å². The zero-order valence-corrected chi connectivity index (χ0v) is 12.4. The van der Waals surface area contributed by atoms with Crippen LogP contribution in [0.15, 0.2) is 36.0 Å². The largest absolute Gasteiger partial charge is 0.360 e. The van der Waals surface area contributed by atoms with Gasteiger partial charge in [-0.2, -0.15) is 5.26 Å². The number of Topliss-reactive ketones (excluding diaryl/α,β-unsaturated/α-hetero) is 1. The van der Waals surface area contributed by atoms with Crippen LogP contribution in [0.2, 0.25) is 0 Å². The Labute approximate surface area is 128 Å². The Morgan fingerprint density at radius 2 is 2.19 bits per heavy atom. The summed E-state index contributed by atoms with van der Waals surface area (Å²) in [5.74, 6) is -0.0677. The van der Waals surface area contributed by atoms with Crippen LogP contribution in [0, 0.1) is 11.3 Å². The van der Waals surface area contributed by atoms with Gasteiger partial charge >= 0.3 is 0 Å². The summed E-state index contributed by atoms with van der Waals surface area (Å²) in [5.41, 5.74) is 1.14. The van der Waals surface area contributed by atoms with Gasteiger partial charge in [0.1, 0.15) is 11.6 Å². The molecule has 1 amide bonds. The second kappa shape index (κ2) is 8.77. The third-order valence-electron chi connectivity index (χ3n) is 2.61. The molecule has 0 bridgehead atoms. The number of carbonyl (C=O) groups is 2. The zero-order chi connectivity index (χ0) is 15.7. The van der Waals surface area contributed by atoms with Gasteiger partial charge < -0.3 is 10.6 Å². The number of rotatable bonds is 7. The third-order valence-corrected chi connectivity index (χ3v) is 2.88. The molecule has 21 heavy (non-hydrogen) atoms. The van der Waals surface area contributed by atoms with E-state index in [2.05, 4.69) is 10.6 Å². The normalized spacial score (nSPS) is 10.6. The van der Waals surface area contributed by atoms with Crippen LogP contribution < -0.4 is 10.6 Å². The monoisotopic (exact) mass is 305 g/mol. The number of hydrogen-bond donors (Lipinski definition) is 2. The first kappa shape index (κ1) is 16.7. The Bertz CT molecular complexity index is 591. The van der Waals surface area contributed by atoms with Crippen molar-refractivity contribution in [3.8, 4) is 6.07 Å². The lowest BCUT2D eigenvalue weighted by Gasteiger charge is -2.05.